The first-order chi connectivity index (χ1) is 20.9. The molecule has 12 nitrogen and oxygen atoms in total. The van der Waals surface area contributed by atoms with Crippen molar-refractivity contribution in [3.8, 4) is 34.7 Å². The molecule has 3 aromatic heterocycles. The van der Waals surface area contributed by atoms with Gasteiger partial charge in [0.2, 0.25) is 11.7 Å². The number of rotatable bonds is 8. The summed E-state index contributed by atoms with van der Waals surface area (Å²) in [5.41, 5.74) is 1.07. The van der Waals surface area contributed by atoms with Crippen LogP contribution in [0.4, 0.5) is 5.69 Å². The van der Waals surface area contributed by atoms with Crippen LogP contribution < -0.4 is 19.8 Å². The molecule has 6 rings (SSSR count). The van der Waals surface area contributed by atoms with E-state index in [4.69, 9.17) is 23.6 Å². The highest BCUT2D eigenvalue weighted by atomic mass is 79.9. The predicted molar refractivity (Wildman–Crippen MR) is 162 cm³/mol. The summed E-state index contributed by atoms with van der Waals surface area (Å²) < 4.78 is 24.6. The summed E-state index contributed by atoms with van der Waals surface area (Å²) in [5.74, 6) is 1.90. The number of pyridine rings is 1. The Hall–Kier alpha value is -5.56. The van der Waals surface area contributed by atoms with E-state index in [0.717, 1.165) is 11.6 Å². The lowest BCUT2D eigenvalue weighted by molar-refractivity contribution is -0.385. The maximum absolute atomic E-state index is 13.6. The number of fused-ring (bicyclic) bond motifs is 2. The van der Waals surface area contributed by atoms with E-state index in [0.29, 0.717) is 49.5 Å². The third kappa shape index (κ3) is 5.28. The van der Waals surface area contributed by atoms with Gasteiger partial charge in [0.25, 0.3) is 11.2 Å². The average Bonchev–Trinajstić information content (AvgIpc) is 3.46. The number of ether oxygens (including phenoxy) is 3. The number of nitro groups is 1. The zero-order chi connectivity index (χ0) is 30.1. The van der Waals surface area contributed by atoms with Gasteiger partial charge >= 0.3 is 0 Å². The van der Waals surface area contributed by atoms with E-state index in [1.54, 1.807) is 55.6 Å². The van der Waals surface area contributed by atoms with Gasteiger partial charge in [0.15, 0.2) is 17.3 Å². The molecule has 3 aromatic carbocycles. The standard InChI is InChI=1S/C30H20BrN5O7/c1-40-23-8-5-9-24-20(23)14-26(42-24)29-34-22-7-4-3-6-19(22)30(37)35(29)33-15-17-12-21(31)28(25(13-17)41-2)43-27-11-10-18(16-32-27)36(38)39/h3-16H,1-2H3. The monoisotopic (exact) mass is 641 g/mol. The number of hydrogen-bond donors (Lipinski definition) is 0. The SMILES string of the molecule is COc1cc(C=Nn2c(-c3cc4c(OC)cccc4o3)nc3ccccc3c2=O)cc(Br)c1Oc1ccc([N+](=O)[O-])cn1. The number of nitrogens with zero attached hydrogens (tertiary/aromatic N) is 5. The van der Waals surface area contributed by atoms with Gasteiger partial charge in [-0.3, -0.25) is 14.9 Å². The fourth-order valence-corrected chi connectivity index (χ4v) is 4.94. The Morgan fingerprint density at radius 3 is 2.56 bits per heavy atom. The van der Waals surface area contributed by atoms with Crippen LogP contribution in [0.2, 0.25) is 0 Å². The molecule has 43 heavy (non-hydrogen) atoms. The first kappa shape index (κ1) is 27.6. The van der Waals surface area contributed by atoms with Crippen molar-refractivity contribution < 1.29 is 23.6 Å². The van der Waals surface area contributed by atoms with Crippen molar-refractivity contribution in [1.29, 1.82) is 0 Å². The van der Waals surface area contributed by atoms with Crippen LogP contribution in [0.1, 0.15) is 5.56 Å². The van der Waals surface area contributed by atoms with Gasteiger partial charge in [-0.2, -0.15) is 9.78 Å². The maximum atomic E-state index is 13.6. The summed E-state index contributed by atoms with van der Waals surface area (Å²) in [6.07, 6.45) is 2.58. The molecule has 0 aliphatic carbocycles. The molecule has 0 unspecified atom stereocenters. The van der Waals surface area contributed by atoms with Gasteiger partial charge in [-0.05, 0) is 64.0 Å². The molecular weight excluding hydrogens is 622 g/mol. The van der Waals surface area contributed by atoms with E-state index in [1.165, 1.54) is 30.1 Å². The number of benzene rings is 3. The Morgan fingerprint density at radius 2 is 1.81 bits per heavy atom. The first-order valence-electron chi connectivity index (χ1n) is 12.6. The van der Waals surface area contributed by atoms with Crippen LogP contribution in [0.25, 0.3) is 33.5 Å². The Bertz CT molecular complexity index is 2110. The molecule has 0 saturated heterocycles. The minimum Gasteiger partial charge on any atom is -0.496 e. The lowest BCUT2D eigenvalue weighted by atomic mass is 10.2. The molecule has 0 N–H and O–H groups in total. The molecule has 0 fully saturated rings. The van der Waals surface area contributed by atoms with Crippen molar-refractivity contribution in [2.24, 2.45) is 5.10 Å². The first-order valence-corrected chi connectivity index (χ1v) is 13.4. The van der Waals surface area contributed by atoms with Gasteiger partial charge in [-0.1, -0.05) is 18.2 Å². The van der Waals surface area contributed by atoms with Crippen LogP contribution in [0.5, 0.6) is 23.1 Å². The number of furan rings is 1. The molecule has 3 heterocycles. The van der Waals surface area contributed by atoms with Crippen LogP contribution in [0.3, 0.4) is 0 Å². The summed E-state index contributed by atoms with van der Waals surface area (Å²) in [6.45, 7) is 0. The molecule has 0 bridgehead atoms. The molecule has 0 atom stereocenters. The fourth-order valence-electron chi connectivity index (χ4n) is 4.40. The highest BCUT2D eigenvalue weighted by Crippen LogP contribution is 2.39. The molecule has 0 amide bonds. The fraction of sp³-hybridized carbons (Fsp3) is 0.0667. The lowest BCUT2D eigenvalue weighted by Gasteiger charge is -2.12. The smallest absolute Gasteiger partial charge is 0.287 e. The number of hydrogen-bond acceptors (Lipinski definition) is 10. The van der Waals surface area contributed by atoms with Crippen LogP contribution in [-0.2, 0) is 0 Å². The van der Waals surface area contributed by atoms with Crippen LogP contribution in [-0.4, -0.2) is 40.0 Å². The van der Waals surface area contributed by atoms with E-state index in [9.17, 15) is 14.9 Å². The van der Waals surface area contributed by atoms with Crippen molar-refractivity contribution in [2.45, 2.75) is 0 Å². The van der Waals surface area contributed by atoms with E-state index >= 15 is 0 Å². The van der Waals surface area contributed by atoms with Gasteiger partial charge in [-0.15, -0.1) is 0 Å². The predicted octanol–water partition coefficient (Wildman–Crippen LogP) is 6.57. The van der Waals surface area contributed by atoms with Crippen molar-refractivity contribution in [2.75, 3.05) is 14.2 Å². The van der Waals surface area contributed by atoms with Crippen molar-refractivity contribution in [3.63, 3.8) is 0 Å². The Balaban J connectivity index is 1.42. The number of aromatic nitrogens is 3. The van der Waals surface area contributed by atoms with E-state index in [1.807, 2.05) is 12.1 Å². The molecular formula is C30H20BrN5O7. The van der Waals surface area contributed by atoms with Gasteiger partial charge in [0.05, 0.1) is 46.1 Å². The Kier molecular flexibility index (Phi) is 7.30. The molecule has 0 saturated carbocycles. The second-order valence-corrected chi connectivity index (χ2v) is 9.90. The molecule has 6 aromatic rings. The zero-order valence-electron chi connectivity index (χ0n) is 22.6. The average molecular weight is 642 g/mol. The van der Waals surface area contributed by atoms with Crippen molar-refractivity contribution in [3.05, 3.63) is 109 Å². The Morgan fingerprint density at radius 1 is 1.00 bits per heavy atom. The van der Waals surface area contributed by atoms with Crippen molar-refractivity contribution >= 4 is 49.7 Å². The lowest BCUT2D eigenvalue weighted by Crippen LogP contribution is -2.20. The van der Waals surface area contributed by atoms with Gasteiger partial charge < -0.3 is 18.6 Å². The van der Waals surface area contributed by atoms with Gasteiger partial charge in [0, 0.05) is 12.1 Å². The molecule has 0 aliphatic heterocycles. The third-order valence-corrected chi connectivity index (χ3v) is 7.02. The summed E-state index contributed by atoms with van der Waals surface area (Å²) in [6, 6.07) is 20.2. The zero-order valence-corrected chi connectivity index (χ0v) is 24.1. The van der Waals surface area contributed by atoms with Crippen LogP contribution >= 0.6 is 15.9 Å². The third-order valence-electron chi connectivity index (χ3n) is 6.43. The van der Waals surface area contributed by atoms with E-state index in [-0.39, 0.29) is 23.0 Å². The number of halogens is 1. The Labute approximate surface area is 251 Å². The maximum Gasteiger partial charge on any atom is 0.287 e. The molecule has 13 heteroatoms. The van der Waals surface area contributed by atoms with Crippen LogP contribution in [0, 0.1) is 10.1 Å². The molecule has 0 spiro atoms. The topological polar surface area (TPSA) is 144 Å². The number of methoxy groups -OCH3 is 2. The largest absolute Gasteiger partial charge is 0.496 e. The summed E-state index contributed by atoms with van der Waals surface area (Å²) in [4.78, 5) is 32.7. The number of para-hydroxylation sites is 1. The quantitative estimate of drug-likeness (QED) is 0.102. The van der Waals surface area contributed by atoms with Crippen molar-refractivity contribution in [1.82, 2.24) is 14.6 Å². The highest BCUT2D eigenvalue weighted by Gasteiger charge is 2.19. The minimum atomic E-state index is -0.547. The summed E-state index contributed by atoms with van der Waals surface area (Å²) >= 11 is 3.48. The van der Waals surface area contributed by atoms with E-state index < -0.39 is 4.92 Å². The van der Waals surface area contributed by atoms with Gasteiger partial charge in [0.1, 0.15) is 17.5 Å². The highest BCUT2D eigenvalue weighted by molar-refractivity contribution is 9.10. The summed E-state index contributed by atoms with van der Waals surface area (Å²) in [7, 11) is 3.03. The second kappa shape index (κ2) is 11.4. The summed E-state index contributed by atoms with van der Waals surface area (Å²) in [5, 5.41) is 16.5. The molecule has 0 radical (unpaired) electrons. The van der Waals surface area contributed by atoms with E-state index in [2.05, 4.69) is 26.0 Å². The second-order valence-electron chi connectivity index (χ2n) is 9.04. The molecule has 0 aliphatic rings. The molecule has 214 valence electrons. The normalized spacial score (nSPS) is 11.3. The van der Waals surface area contributed by atoms with Crippen LogP contribution in [0.15, 0.2) is 97.8 Å². The minimum absolute atomic E-state index is 0.131. The van der Waals surface area contributed by atoms with Gasteiger partial charge in [-0.25, -0.2) is 9.97 Å².